The molecule has 20 heavy (non-hydrogen) atoms. The summed E-state index contributed by atoms with van der Waals surface area (Å²) in [7, 11) is -1.17. The first-order valence-corrected chi connectivity index (χ1v) is 8.97. The Morgan fingerprint density at radius 2 is 1.70 bits per heavy atom. The van der Waals surface area contributed by atoms with Gasteiger partial charge < -0.3 is 10.6 Å². The van der Waals surface area contributed by atoms with Gasteiger partial charge in [-0.05, 0) is 44.9 Å². The number of sulfone groups is 1. The third-order valence-corrected chi connectivity index (χ3v) is 5.88. The molecule has 1 aliphatic rings. The van der Waals surface area contributed by atoms with E-state index in [0.29, 0.717) is 17.0 Å². The lowest BCUT2D eigenvalue weighted by Gasteiger charge is -2.30. The van der Waals surface area contributed by atoms with Crippen LogP contribution in [-0.2, 0) is 9.84 Å². The van der Waals surface area contributed by atoms with Crippen molar-refractivity contribution in [1.82, 2.24) is 5.32 Å². The molecule has 0 bridgehead atoms. The lowest BCUT2D eigenvalue weighted by atomic mass is 9.91. The largest absolute Gasteiger partial charge is 0.381 e. The van der Waals surface area contributed by atoms with Crippen molar-refractivity contribution >= 4 is 15.5 Å². The molecule has 2 N–H and O–H groups in total. The second-order valence-corrected chi connectivity index (χ2v) is 7.63. The van der Waals surface area contributed by atoms with Crippen molar-refractivity contribution in [3.63, 3.8) is 0 Å². The van der Waals surface area contributed by atoms with Gasteiger partial charge in [0.25, 0.3) is 0 Å². The highest BCUT2D eigenvalue weighted by Gasteiger charge is 2.22. The summed E-state index contributed by atoms with van der Waals surface area (Å²) in [5.74, 6) is 0.137. The predicted octanol–water partition coefficient (Wildman–Crippen LogP) is 2.42. The van der Waals surface area contributed by atoms with Crippen molar-refractivity contribution in [1.29, 1.82) is 0 Å². The molecule has 0 radical (unpaired) electrons. The first-order valence-electron chi connectivity index (χ1n) is 7.32. The second kappa shape index (κ2) is 6.59. The summed E-state index contributed by atoms with van der Waals surface area (Å²) in [4.78, 5) is 0.429. The van der Waals surface area contributed by atoms with Gasteiger partial charge in [0.2, 0.25) is 0 Å². The molecule has 0 amide bonds. The van der Waals surface area contributed by atoms with Gasteiger partial charge in [0.1, 0.15) is 0 Å². The van der Waals surface area contributed by atoms with E-state index in [1.165, 1.54) is 0 Å². The summed E-state index contributed by atoms with van der Waals surface area (Å²) >= 11 is 0. The van der Waals surface area contributed by atoms with Crippen LogP contribution in [0.15, 0.2) is 29.2 Å². The van der Waals surface area contributed by atoms with E-state index in [2.05, 4.69) is 10.6 Å². The number of hydrogen-bond donors (Lipinski definition) is 2. The average Bonchev–Trinajstić information content (AvgIpc) is 2.48. The molecule has 5 heteroatoms. The summed E-state index contributed by atoms with van der Waals surface area (Å²) < 4.78 is 24.2. The second-order valence-electron chi connectivity index (χ2n) is 5.38. The Kier molecular flexibility index (Phi) is 5.05. The summed E-state index contributed by atoms with van der Waals surface area (Å²) in [5, 5.41) is 6.74. The van der Waals surface area contributed by atoms with Crippen LogP contribution in [0.1, 0.15) is 32.6 Å². The topological polar surface area (TPSA) is 58.2 Å². The molecule has 1 aromatic rings. The van der Waals surface area contributed by atoms with Crippen molar-refractivity contribution in [3.05, 3.63) is 24.3 Å². The van der Waals surface area contributed by atoms with Crippen LogP contribution in [0.3, 0.4) is 0 Å². The zero-order chi connectivity index (χ0) is 14.6. The van der Waals surface area contributed by atoms with E-state index >= 15 is 0 Å². The minimum absolute atomic E-state index is 0.137. The van der Waals surface area contributed by atoms with E-state index in [1.54, 1.807) is 19.1 Å². The summed E-state index contributed by atoms with van der Waals surface area (Å²) in [6.07, 6.45) is 4.42. The molecule has 0 aliphatic heterocycles. The van der Waals surface area contributed by atoms with Crippen LogP contribution in [0, 0.1) is 0 Å². The van der Waals surface area contributed by atoms with Gasteiger partial charge in [0, 0.05) is 12.1 Å². The highest BCUT2D eigenvalue weighted by Crippen LogP contribution is 2.27. The van der Waals surface area contributed by atoms with Crippen molar-refractivity contribution in [3.8, 4) is 0 Å². The maximum Gasteiger partial charge on any atom is 0.180 e. The Morgan fingerprint density at radius 1 is 1.10 bits per heavy atom. The third kappa shape index (κ3) is 3.52. The molecule has 1 aliphatic carbocycles. The van der Waals surface area contributed by atoms with Gasteiger partial charge in [-0.25, -0.2) is 8.42 Å². The normalized spacial score (nSPS) is 23.5. The number of para-hydroxylation sites is 1. The van der Waals surface area contributed by atoms with E-state index in [0.717, 1.165) is 31.4 Å². The number of hydrogen-bond acceptors (Lipinski definition) is 4. The number of anilines is 1. The summed E-state index contributed by atoms with van der Waals surface area (Å²) in [6, 6.07) is 8.20. The van der Waals surface area contributed by atoms with E-state index in [1.807, 2.05) is 19.2 Å². The molecule has 112 valence electrons. The fourth-order valence-electron chi connectivity index (χ4n) is 2.76. The molecule has 0 heterocycles. The van der Waals surface area contributed by atoms with E-state index in [-0.39, 0.29) is 5.75 Å². The minimum Gasteiger partial charge on any atom is -0.381 e. The van der Waals surface area contributed by atoms with Gasteiger partial charge in [-0.2, -0.15) is 0 Å². The molecule has 0 saturated heterocycles. The number of rotatable bonds is 5. The Bertz CT molecular complexity index is 535. The fraction of sp³-hybridized carbons (Fsp3) is 0.600. The van der Waals surface area contributed by atoms with Gasteiger partial charge in [0.05, 0.1) is 16.3 Å². The summed E-state index contributed by atoms with van der Waals surface area (Å²) in [6.45, 7) is 1.68. The van der Waals surface area contributed by atoms with Crippen LogP contribution in [-0.4, -0.2) is 33.3 Å². The highest BCUT2D eigenvalue weighted by molar-refractivity contribution is 7.91. The van der Waals surface area contributed by atoms with Crippen molar-refractivity contribution < 1.29 is 8.42 Å². The van der Waals surface area contributed by atoms with Gasteiger partial charge in [-0.1, -0.05) is 19.1 Å². The standard InChI is InChI=1S/C15H24N2O2S/c1-3-20(18,19)15-7-5-4-6-14(15)17-13-10-8-12(16-2)9-11-13/h4-7,12-13,16-17H,3,8-11H2,1-2H3. The van der Waals surface area contributed by atoms with Crippen LogP contribution >= 0.6 is 0 Å². The van der Waals surface area contributed by atoms with Gasteiger partial charge >= 0.3 is 0 Å². The molecule has 1 fully saturated rings. The highest BCUT2D eigenvalue weighted by atomic mass is 32.2. The SMILES string of the molecule is CCS(=O)(=O)c1ccccc1NC1CCC(NC)CC1. The van der Waals surface area contributed by atoms with Gasteiger partial charge in [-0.3, -0.25) is 0 Å². The molecular formula is C15H24N2O2S. The monoisotopic (exact) mass is 296 g/mol. The van der Waals surface area contributed by atoms with Crippen LogP contribution in [0.2, 0.25) is 0 Å². The van der Waals surface area contributed by atoms with E-state index in [9.17, 15) is 8.42 Å². The van der Waals surface area contributed by atoms with Crippen molar-refractivity contribution in [2.45, 2.75) is 49.6 Å². The van der Waals surface area contributed by atoms with Gasteiger partial charge in [-0.15, -0.1) is 0 Å². The minimum atomic E-state index is -3.17. The Hall–Kier alpha value is -1.07. The lowest BCUT2D eigenvalue weighted by Crippen LogP contribution is -2.35. The first kappa shape index (κ1) is 15.3. The fourth-order valence-corrected chi connectivity index (χ4v) is 3.82. The van der Waals surface area contributed by atoms with E-state index in [4.69, 9.17) is 0 Å². The number of benzene rings is 1. The smallest absolute Gasteiger partial charge is 0.180 e. The van der Waals surface area contributed by atoms with Crippen LogP contribution in [0.5, 0.6) is 0 Å². The first-order chi connectivity index (χ1) is 9.56. The van der Waals surface area contributed by atoms with Crippen LogP contribution < -0.4 is 10.6 Å². The van der Waals surface area contributed by atoms with Crippen molar-refractivity contribution in [2.24, 2.45) is 0 Å². The summed E-state index contributed by atoms with van der Waals surface area (Å²) in [5.41, 5.74) is 0.752. The molecule has 1 saturated carbocycles. The molecular weight excluding hydrogens is 272 g/mol. The van der Waals surface area contributed by atoms with Crippen LogP contribution in [0.4, 0.5) is 5.69 Å². The molecule has 0 unspecified atom stereocenters. The lowest BCUT2D eigenvalue weighted by molar-refractivity contribution is 0.371. The van der Waals surface area contributed by atoms with Crippen LogP contribution in [0.25, 0.3) is 0 Å². The molecule has 1 aromatic carbocycles. The molecule has 2 rings (SSSR count). The molecule has 0 aromatic heterocycles. The molecule has 0 atom stereocenters. The third-order valence-electron chi connectivity index (χ3n) is 4.10. The zero-order valence-corrected chi connectivity index (χ0v) is 13.0. The predicted molar refractivity (Wildman–Crippen MR) is 82.9 cm³/mol. The Labute approximate surface area is 121 Å². The average molecular weight is 296 g/mol. The maximum atomic E-state index is 12.1. The van der Waals surface area contributed by atoms with E-state index < -0.39 is 9.84 Å². The zero-order valence-electron chi connectivity index (χ0n) is 12.2. The van der Waals surface area contributed by atoms with Gasteiger partial charge in [0.15, 0.2) is 9.84 Å². The maximum absolute atomic E-state index is 12.1. The molecule has 0 spiro atoms. The quantitative estimate of drug-likeness (QED) is 0.876. The Balaban J connectivity index is 2.11. The Morgan fingerprint density at radius 3 is 2.30 bits per heavy atom. The van der Waals surface area contributed by atoms with Crippen molar-refractivity contribution in [2.75, 3.05) is 18.1 Å². The number of nitrogens with one attached hydrogen (secondary N) is 2. The molecule has 4 nitrogen and oxygen atoms in total.